The van der Waals surface area contributed by atoms with Gasteiger partial charge in [0.05, 0.1) is 18.0 Å². The fourth-order valence-corrected chi connectivity index (χ4v) is 2.18. The molecule has 0 fully saturated rings. The van der Waals surface area contributed by atoms with Crippen LogP contribution in [0.2, 0.25) is 5.02 Å². The Kier molecular flexibility index (Phi) is 4.90. The summed E-state index contributed by atoms with van der Waals surface area (Å²) in [5, 5.41) is 12.1. The molecule has 0 bridgehead atoms. The van der Waals surface area contributed by atoms with Crippen LogP contribution in [0.3, 0.4) is 0 Å². The van der Waals surface area contributed by atoms with E-state index < -0.39 is 17.9 Å². The van der Waals surface area contributed by atoms with Gasteiger partial charge in [0.1, 0.15) is 0 Å². The van der Waals surface area contributed by atoms with E-state index in [2.05, 4.69) is 10.3 Å². The predicted molar refractivity (Wildman–Crippen MR) is 78.1 cm³/mol. The maximum absolute atomic E-state index is 12.1. The van der Waals surface area contributed by atoms with Crippen LogP contribution >= 0.6 is 11.6 Å². The molecular weight excluding hydrogens is 292 g/mol. The summed E-state index contributed by atoms with van der Waals surface area (Å²) in [6, 6.07) is 9.37. The zero-order valence-electron chi connectivity index (χ0n) is 11.0. The Morgan fingerprint density at radius 3 is 2.62 bits per heavy atom. The molecule has 2 rings (SSSR count). The highest BCUT2D eigenvalue weighted by atomic mass is 35.5. The molecule has 1 aromatic carbocycles. The van der Waals surface area contributed by atoms with Gasteiger partial charge in [-0.05, 0) is 23.8 Å². The van der Waals surface area contributed by atoms with Crippen LogP contribution in [0.5, 0.6) is 0 Å². The largest absolute Gasteiger partial charge is 0.481 e. The van der Waals surface area contributed by atoms with Crippen LogP contribution in [0.25, 0.3) is 0 Å². The molecule has 1 atom stereocenters. The van der Waals surface area contributed by atoms with Gasteiger partial charge in [-0.2, -0.15) is 0 Å². The second kappa shape index (κ2) is 6.85. The third-order valence-corrected chi connectivity index (χ3v) is 3.23. The number of aliphatic carboxylic acids is 1. The number of amides is 1. The number of rotatable bonds is 5. The zero-order valence-corrected chi connectivity index (χ0v) is 11.7. The van der Waals surface area contributed by atoms with Gasteiger partial charge in [0.15, 0.2) is 0 Å². The molecule has 0 aliphatic heterocycles. The maximum atomic E-state index is 12.1. The van der Waals surface area contributed by atoms with Gasteiger partial charge in [0.2, 0.25) is 0 Å². The first kappa shape index (κ1) is 15.0. The molecule has 2 aromatic rings. The summed E-state index contributed by atoms with van der Waals surface area (Å²) < 4.78 is 0. The maximum Gasteiger partial charge on any atom is 0.305 e. The first-order chi connectivity index (χ1) is 10.1. The number of pyridine rings is 1. The van der Waals surface area contributed by atoms with Crippen LogP contribution in [-0.2, 0) is 4.79 Å². The summed E-state index contributed by atoms with van der Waals surface area (Å²) in [4.78, 5) is 27.0. The van der Waals surface area contributed by atoms with Gasteiger partial charge in [-0.15, -0.1) is 0 Å². The number of hydrogen-bond acceptors (Lipinski definition) is 3. The highest BCUT2D eigenvalue weighted by molar-refractivity contribution is 6.31. The lowest BCUT2D eigenvalue weighted by Crippen LogP contribution is -2.30. The molecule has 1 amide bonds. The number of aromatic nitrogens is 1. The average molecular weight is 305 g/mol. The summed E-state index contributed by atoms with van der Waals surface area (Å²) in [7, 11) is 0. The highest BCUT2D eigenvalue weighted by Gasteiger charge is 2.20. The standard InChI is InChI=1S/C15H13ClN2O3/c16-12-6-2-1-5-11(12)13(8-14(19)20)18-15(21)10-4-3-7-17-9-10/h1-7,9,13H,8H2,(H,18,21)(H,19,20)/t13-/m0/s1. The van der Waals surface area contributed by atoms with Gasteiger partial charge in [-0.1, -0.05) is 29.8 Å². The van der Waals surface area contributed by atoms with Gasteiger partial charge in [-0.3, -0.25) is 14.6 Å². The Bertz CT molecular complexity index is 646. The van der Waals surface area contributed by atoms with Crippen molar-refractivity contribution < 1.29 is 14.7 Å². The quantitative estimate of drug-likeness (QED) is 0.890. The molecule has 0 saturated carbocycles. The van der Waals surface area contributed by atoms with E-state index in [1.165, 1.54) is 6.20 Å². The summed E-state index contributed by atoms with van der Waals surface area (Å²) in [5.41, 5.74) is 0.929. The van der Waals surface area contributed by atoms with E-state index in [4.69, 9.17) is 16.7 Å². The Morgan fingerprint density at radius 2 is 2.00 bits per heavy atom. The molecular formula is C15H13ClN2O3. The molecule has 1 heterocycles. The molecule has 21 heavy (non-hydrogen) atoms. The SMILES string of the molecule is O=C(O)C[C@H](NC(=O)c1cccnc1)c1ccccc1Cl. The number of nitrogens with one attached hydrogen (secondary N) is 1. The molecule has 0 aliphatic carbocycles. The smallest absolute Gasteiger partial charge is 0.305 e. The Morgan fingerprint density at radius 1 is 1.24 bits per heavy atom. The topological polar surface area (TPSA) is 79.3 Å². The fourth-order valence-electron chi connectivity index (χ4n) is 1.91. The molecule has 2 N–H and O–H groups in total. The first-order valence-electron chi connectivity index (χ1n) is 6.25. The molecule has 0 aliphatic rings. The van der Waals surface area contributed by atoms with Crippen molar-refractivity contribution in [2.24, 2.45) is 0 Å². The third-order valence-electron chi connectivity index (χ3n) is 2.89. The second-order valence-corrected chi connectivity index (χ2v) is 4.79. The average Bonchev–Trinajstić information content (AvgIpc) is 2.47. The third kappa shape index (κ3) is 4.03. The lowest BCUT2D eigenvalue weighted by molar-refractivity contribution is -0.137. The van der Waals surface area contributed by atoms with Crippen LogP contribution in [0, 0.1) is 0 Å². The molecule has 5 nitrogen and oxygen atoms in total. The minimum Gasteiger partial charge on any atom is -0.481 e. The summed E-state index contributed by atoms with van der Waals surface area (Å²) in [6.45, 7) is 0. The molecule has 1 aromatic heterocycles. The normalized spacial score (nSPS) is 11.7. The minimum absolute atomic E-state index is 0.254. The predicted octanol–water partition coefficient (Wildman–Crippen LogP) is 2.68. The van der Waals surface area contributed by atoms with Crippen LogP contribution in [0.4, 0.5) is 0 Å². The van der Waals surface area contributed by atoms with Crippen molar-refractivity contribution >= 4 is 23.5 Å². The number of carboxylic acid groups (broad SMARTS) is 1. The summed E-state index contributed by atoms with van der Waals surface area (Å²) in [6.07, 6.45) is 2.72. The Balaban J connectivity index is 2.23. The Labute approximate surface area is 126 Å². The summed E-state index contributed by atoms with van der Waals surface area (Å²) in [5.74, 6) is -1.42. The molecule has 108 valence electrons. The number of benzene rings is 1. The number of carbonyl (C=O) groups excluding carboxylic acids is 1. The van der Waals surface area contributed by atoms with Gasteiger partial charge < -0.3 is 10.4 Å². The lowest BCUT2D eigenvalue weighted by Gasteiger charge is -2.18. The number of hydrogen-bond donors (Lipinski definition) is 2. The number of carbonyl (C=O) groups is 2. The second-order valence-electron chi connectivity index (χ2n) is 4.39. The number of nitrogens with zero attached hydrogens (tertiary/aromatic N) is 1. The van der Waals surface area contributed by atoms with Crippen molar-refractivity contribution in [3.05, 3.63) is 64.9 Å². The molecule has 0 unspecified atom stereocenters. The number of carboxylic acids is 1. The molecule has 0 spiro atoms. The van der Waals surface area contributed by atoms with Crippen molar-refractivity contribution in [2.45, 2.75) is 12.5 Å². The van der Waals surface area contributed by atoms with E-state index in [1.807, 2.05) is 0 Å². The highest BCUT2D eigenvalue weighted by Crippen LogP contribution is 2.25. The fraction of sp³-hybridized carbons (Fsp3) is 0.133. The van der Waals surface area contributed by atoms with E-state index in [9.17, 15) is 9.59 Å². The van der Waals surface area contributed by atoms with Crippen LogP contribution < -0.4 is 5.32 Å². The van der Waals surface area contributed by atoms with Crippen molar-refractivity contribution in [1.29, 1.82) is 0 Å². The van der Waals surface area contributed by atoms with Crippen LogP contribution in [0.15, 0.2) is 48.8 Å². The van der Waals surface area contributed by atoms with E-state index in [-0.39, 0.29) is 6.42 Å². The van der Waals surface area contributed by atoms with Gasteiger partial charge >= 0.3 is 5.97 Å². The Hall–Kier alpha value is -2.40. The van der Waals surface area contributed by atoms with Gasteiger partial charge in [0, 0.05) is 17.4 Å². The lowest BCUT2D eigenvalue weighted by atomic mass is 10.0. The van der Waals surface area contributed by atoms with Gasteiger partial charge in [0.25, 0.3) is 5.91 Å². The first-order valence-corrected chi connectivity index (χ1v) is 6.63. The van der Waals surface area contributed by atoms with Gasteiger partial charge in [-0.25, -0.2) is 0 Å². The molecule has 6 heteroatoms. The van der Waals surface area contributed by atoms with E-state index in [1.54, 1.807) is 42.6 Å². The van der Waals surface area contributed by atoms with Crippen LogP contribution in [0.1, 0.15) is 28.4 Å². The van der Waals surface area contributed by atoms with Crippen molar-refractivity contribution in [1.82, 2.24) is 10.3 Å². The van der Waals surface area contributed by atoms with E-state index in [0.29, 0.717) is 16.1 Å². The van der Waals surface area contributed by atoms with E-state index >= 15 is 0 Å². The van der Waals surface area contributed by atoms with Crippen LogP contribution in [-0.4, -0.2) is 22.0 Å². The van der Waals surface area contributed by atoms with E-state index in [0.717, 1.165) is 0 Å². The molecule has 0 saturated heterocycles. The monoisotopic (exact) mass is 304 g/mol. The summed E-state index contributed by atoms with van der Waals surface area (Å²) >= 11 is 6.08. The zero-order chi connectivity index (χ0) is 15.2. The number of halogens is 1. The van der Waals surface area contributed by atoms with Crippen molar-refractivity contribution in [3.63, 3.8) is 0 Å². The molecule has 0 radical (unpaired) electrons. The minimum atomic E-state index is -1.02. The van der Waals surface area contributed by atoms with Crippen molar-refractivity contribution in [2.75, 3.05) is 0 Å². The van der Waals surface area contributed by atoms with Crippen molar-refractivity contribution in [3.8, 4) is 0 Å².